The molecular formula is C12H20N2O3S. The first-order valence-electron chi connectivity index (χ1n) is 6.55. The van der Waals surface area contributed by atoms with Gasteiger partial charge in [-0.25, -0.2) is 9.59 Å². The van der Waals surface area contributed by atoms with E-state index in [1.54, 1.807) is 0 Å². The molecule has 2 unspecified atom stereocenters. The summed E-state index contributed by atoms with van der Waals surface area (Å²) < 4.78 is 0. The molecule has 0 aromatic carbocycles. The minimum atomic E-state index is -0.931. The lowest BCUT2D eigenvalue weighted by molar-refractivity contribution is -0.139. The lowest BCUT2D eigenvalue weighted by atomic mass is 10.2. The summed E-state index contributed by atoms with van der Waals surface area (Å²) in [4.78, 5) is 22.6. The zero-order valence-corrected chi connectivity index (χ0v) is 11.2. The van der Waals surface area contributed by atoms with Crippen LogP contribution in [0.5, 0.6) is 0 Å². The van der Waals surface area contributed by atoms with Crippen molar-refractivity contribution in [1.29, 1.82) is 0 Å². The van der Waals surface area contributed by atoms with Gasteiger partial charge in [0.05, 0.1) is 0 Å². The van der Waals surface area contributed by atoms with E-state index in [0.717, 1.165) is 25.0 Å². The number of carboxylic acid groups (broad SMARTS) is 1. The number of carboxylic acids is 1. The molecule has 18 heavy (non-hydrogen) atoms. The molecule has 1 aliphatic heterocycles. The Morgan fingerprint density at radius 2 is 2.06 bits per heavy atom. The minimum absolute atomic E-state index is 0.123. The van der Waals surface area contributed by atoms with Crippen LogP contribution in [0.15, 0.2) is 0 Å². The van der Waals surface area contributed by atoms with Crippen molar-refractivity contribution in [2.24, 2.45) is 5.92 Å². The molecule has 0 aromatic rings. The van der Waals surface area contributed by atoms with E-state index < -0.39 is 12.0 Å². The molecule has 2 aliphatic rings. The van der Waals surface area contributed by atoms with Crippen LogP contribution in [0.25, 0.3) is 0 Å². The van der Waals surface area contributed by atoms with Crippen LogP contribution >= 0.6 is 11.8 Å². The molecule has 6 heteroatoms. The highest BCUT2D eigenvalue weighted by Crippen LogP contribution is 2.32. The number of carbonyl (C=O) groups excluding carboxylic acids is 1. The third kappa shape index (κ3) is 4.08. The lowest BCUT2D eigenvalue weighted by Gasteiger charge is -2.22. The zero-order chi connectivity index (χ0) is 13.0. The van der Waals surface area contributed by atoms with E-state index in [1.807, 2.05) is 11.8 Å². The van der Waals surface area contributed by atoms with Gasteiger partial charge in [0.2, 0.25) is 0 Å². The van der Waals surface area contributed by atoms with Gasteiger partial charge in [-0.15, -0.1) is 0 Å². The van der Waals surface area contributed by atoms with Crippen LogP contribution in [-0.4, -0.2) is 40.7 Å². The Morgan fingerprint density at radius 1 is 1.28 bits per heavy atom. The Morgan fingerprint density at radius 3 is 2.61 bits per heavy atom. The Labute approximate surface area is 111 Å². The second kappa shape index (κ2) is 6.31. The maximum Gasteiger partial charge on any atom is 0.326 e. The first kappa shape index (κ1) is 13.5. The van der Waals surface area contributed by atoms with E-state index in [9.17, 15) is 9.59 Å². The summed E-state index contributed by atoms with van der Waals surface area (Å²) in [6.07, 6.45) is 5.41. The summed E-state index contributed by atoms with van der Waals surface area (Å²) >= 11 is 1.89. The summed E-state index contributed by atoms with van der Waals surface area (Å²) in [6, 6.07) is -1.07. The van der Waals surface area contributed by atoms with Gasteiger partial charge in [-0.1, -0.05) is 6.42 Å². The summed E-state index contributed by atoms with van der Waals surface area (Å²) in [5.41, 5.74) is 0. The molecule has 0 spiro atoms. The van der Waals surface area contributed by atoms with Crippen molar-refractivity contribution < 1.29 is 14.7 Å². The van der Waals surface area contributed by atoms with Gasteiger partial charge in [-0.3, -0.25) is 0 Å². The average Bonchev–Trinajstić information content (AvgIpc) is 3.18. The fraction of sp³-hybridized carbons (Fsp3) is 0.833. The standard InChI is InChI=1S/C12H20N2O3S/c15-11(16)10(8-4-5-8)14-12(17)13-7-9-3-1-2-6-18-9/h8-10H,1-7H2,(H,15,16)(H2,13,14,17). The number of thioether (sulfide) groups is 1. The van der Waals surface area contributed by atoms with Crippen molar-refractivity contribution in [2.45, 2.75) is 43.4 Å². The molecule has 1 aliphatic carbocycles. The third-order valence-corrected chi connectivity index (χ3v) is 4.81. The van der Waals surface area contributed by atoms with Gasteiger partial charge in [0.25, 0.3) is 0 Å². The topological polar surface area (TPSA) is 78.4 Å². The molecule has 2 amide bonds. The van der Waals surface area contributed by atoms with Crippen LogP contribution in [0.2, 0.25) is 0 Å². The van der Waals surface area contributed by atoms with E-state index in [-0.39, 0.29) is 11.9 Å². The predicted octanol–water partition coefficient (Wildman–Crippen LogP) is 1.43. The molecule has 102 valence electrons. The van der Waals surface area contributed by atoms with E-state index in [4.69, 9.17) is 5.11 Å². The van der Waals surface area contributed by atoms with Gasteiger partial charge < -0.3 is 15.7 Å². The van der Waals surface area contributed by atoms with Crippen LogP contribution in [0.1, 0.15) is 32.1 Å². The molecule has 0 aromatic heterocycles. The van der Waals surface area contributed by atoms with E-state index in [1.165, 1.54) is 12.8 Å². The Hall–Kier alpha value is -0.910. The zero-order valence-electron chi connectivity index (χ0n) is 10.4. The van der Waals surface area contributed by atoms with Crippen molar-refractivity contribution in [3.8, 4) is 0 Å². The van der Waals surface area contributed by atoms with Gasteiger partial charge in [0.15, 0.2) is 0 Å². The van der Waals surface area contributed by atoms with Crippen LogP contribution in [0.3, 0.4) is 0 Å². The van der Waals surface area contributed by atoms with Crippen LogP contribution in [0, 0.1) is 5.92 Å². The normalized spacial score (nSPS) is 25.2. The highest BCUT2D eigenvalue weighted by atomic mass is 32.2. The van der Waals surface area contributed by atoms with Gasteiger partial charge in [-0.05, 0) is 37.4 Å². The molecule has 1 saturated heterocycles. The molecule has 2 rings (SSSR count). The number of nitrogens with one attached hydrogen (secondary N) is 2. The maximum absolute atomic E-state index is 11.6. The Balaban J connectivity index is 1.68. The van der Waals surface area contributed by atoms with Gasteiger partial charge >= 0.3 is 12.0 Å². The summed E-state index contributed by atoms with van der Waals surface area (Å²) in [5.74, 6) is 0.352. The number of rotatable bonds is 5. The average molecular weight is 272 g/mol. The number of carbonyl (C=O) groups is 2. The van der Waals surface area contributed by atoms with Gasteiger partial charge in [0.1, 0.15) is 6.04 Å². The fourth-order valence-electron chi connectivity index (χ4n) is 2.18. The van der Waals surface area contributed by atoms with E-state index >= 15 is 0 Å². The predicted molar refractivity (Wildman–Crippen MR) is 70.8 cm³/mol. The maximum atomic E-state index is 11.6. The summed E-state index contributed by atoms with van der Waals surface area (Å²) in [7, 11) is 0. The quantitative estimate of drug-likeness (QED) is 0.707. The smallest absolute Gasteiger partial charge is 0.326 e. The van der Waals surface area contributed by atoms with Crippen molar-refractivity contribution in [3.05, 3.63) is 0 Å². The number of hydrogen-bond donors (Lipinski definition) is 3. The molecule has 0 radical (unpaired) electrons. The van der Waals surface area contributed by atoms with Gasteiger partial charge in [-0.2, -0.15) is 11.8 Å². The molecule has 5 nitrogen and oxygen atoms in total. The van der Waals surface area contributed by atoms with Crippen LogP contribution < -0.4 is 10.6 Å². The SMILES string of the molecule is O=C(NCC1CCCCS1)NC(C(=O)O)C1CC1. The second-order valence-electron chi connectivity index (χ2n) is 5.00. The molecule has 1 saturated carbocycles. The molecular weight excluding hydrogens is 252 g/mol. The summed E-state index contributed by atoms with van der Waals surface area (Å²) in [5, 5.41) is 14.8. The van der Waals surface area contributed by atoms with Crippen molar-refractivity contribution >= 4 is 23.8 Å². The van der Waals surface area contributed by atoms with E-state index in [0.29, 0.717) is 11.8 Å². The lowest BCUT2D eigenvalue weighted by Crippen LogP contribution is -2.48. The highest BCUT2D eigenvalue weighted by Gasteiger charge is 2.37. The Bertz CT molecular complexity index is 314. The van der Waals surface area contributed by atoms with Crippen LogP contribution in [-0.2, 0) is 4.79 Å². The number of amides is 2. The number of aliphatic carboxylic acids is 1. The monoisotopic (exact) mass is 272 g/mol. The molecule has 2 fully saturated rings. The van der Waals surface area contributed by atoms with E-state index in [2.05, 4.69) is 10.6 Å². The van der Waals surface area contributed by atoms with Crippen molar-refractivity contribution in [3.63, 3.8) is 0 Å². The molecule has 1 heterocycles. The minimum Gasteiger partial charge on any atom is -0.480 e. The first-order valence-corrected chi connectivity index (χ1v) is 7.60. The third-order valence-electron chi connectivity index (χ3n) is 3.41. The molecule has 3 N–H and O–H groups in total. The van der Waals surface area contributed by atoms with Crippen molar-refractivity contribution in [2.75, 3.05) is 12.3 Å². The molecule has 0 bridgehead atoms. The fourth-order valence-corrected chi connectivity index (χ4v) is 3.42. The largest absolute Gasteiger partial charge is 0.480 e. The highest BCUT2D eigenvalue weighted by molar-refractivity contribution is 7.99. The summed E-state index contributed by atoms with van der Waals surface area (Å²) in [6.45, 7) is 0.632. The first-order chi connectivity index (χ1) is 8.66. The van der Waals surface area contributed by atoms with Crippen LogP contribution in [0.4, 0.5) is 4.79 Å². The molecule has 2 atom stereocenters. The van der Waals surface area contributed by atoms with Gasteiger partial charge in [0, 0.05) is 11.8 Å². The Kier molecular flexibility index (Phi) is 4.74. The second-order valence-corrected chi connectivity index (χ2v) is 6.40. The number of urea groups is 1. The van der Waals surface area contributed by atoms with Crippen molar-refractivity contribution in [1.82, 2.24) is 10.6 Å². The number of hydrogen-bond acceptors (Lipinski definition) is 3.